The highest BCUT2D eigenvalue weighted by Crippen LogP contribution is 2.17. The second-order valence-electron chi connectivity index (χ2n) is 7.30. The summed E-state index contributed by atoms with van der Waals surface area (Å²) in [5.74, 6) is 2.63. The van der Waals surface area contributed by atoms with Gasteiger partial charge < -0.3 is 25.2 Å². The molecular weight excluding hydrogens is 503 g/mol. The first-order valence-corrected chi connectivity index (χ1v) is 10.3. The van der Waals surface area contributed by atoms with E-state index >= 15 is 0 Å². The lowest BCUT2D eigenvalue weighted by atomic mass is 10.2. The Kier molecular flexibility index (Phi) is 10.6. The standard InChI is InChI=1S/C23H32N6O.HI/c1-4-15-30-21-8-6-5-7-20(21)18-27-23(24-2)26-17-19-9-10-22(25-16-19)29-13-11-28(3)12-14-29;/h4-10,16H,1,11-15,17-18H2,2-3H3,(H2,24,26,27);1H. The molecule has 1 fully saturated rings. The fraction of sp³-hybridized carbons (Fsp3) is 0.391. The smallest absolute Gasteiger partial charge is 0.191 e. The number of aromatic nitrogens is 1. The van der Waals surface area contributed by atoms with E-state index in [0.717, 1.165) is 54.8 Å². The third kappa shape index (κ3) is 7.70. The van der Waals surface area contributed by atoms with Crippen LogP contribution >= 0.6 is 24.0 Å². The number of anilines is 1. The summed E-state index contributed by atoms with van der Waals surface area (Å²) in [5, 5.41) is 6.68. The van der Waals surface area contributed by atoms with E-state index in [2.05, 4.69) is 56.2 Å². The number of aliphatic imine (C=N–C) groups is 1. The molecule has 168 valence electrons. The molecule has 1 aromatic heterocycles. The number of hydrogen-bond acceptors (Lipinski definition) is 5. The number of halogens is 1. The van der Waals surface area contributed by atoms with Crippen molar-refractivity contribution in [3.8, 4) is 5.75 Å². The molecule has 2 aromatic rings. The summed E-state index contributed by atoms with van der Waals surface area (Å²) in [6.07, 6.45) is 3.68. The zero-order valence-corrected chi connectivity index (χ0v) is 20.7. The lowest BCUT2D eigenvalue weighted by molar-refractivity contribution is 0.312. The van der Waals surface area contributed by atoms with E-state index in [1.165, 1.54) is 0 Å². The number of piperazine rings is 1. The highest BCUT2D eigenvalue weighted by molar-refractivity contribution is 14.0. The van der Waals surface area contributed by atoms with Crippen LogP contribution in [-0.4, -0.2) is 62.7 Å². The molecule has 0 spiro atoms. The zero-order chi connectivity index (χ0) is 21.2. The van der Waals surface area contributed by atoms with E-state index < -0.39 is 0 Å². The van der Waals surface area contributed by atoms with Crippen molar-refractivity contribution < 1.29 is 4.74 Å². The molecule has 8 heteroatoms. The van der Waals surface area contributed by atoms with Crippen LogP contribution in [0.2, 0.25) is 0 Å². The van der Waals surface area contributed by atoms with Crippen LogP contribution in [0.25, 0.3) is 0 Å². The molecule has 3 rings (SSSR count). The largest absolute Gasteiger partial charge is 0.489 e. The number of para-hydroxylation sites is 1. The second kappa shape index (κ2) is 13.2. The Morgan fingerprint density at radius 2 is 1.87 bits per heavy atom. The number of nitrogens with zero attached hydrogens (tertiary/aromatic N) is 4. The van der Waals surface area contributed by atoms with Crippen LogP contribution in [0.3, 0.4) is 0 Å². The van der Waals surface area contributed by atoms with Gasteiger partial charge >= 0.3 is 0 Å². The van der Waals surface area contributed by atoms with Gasteiger partial charge in [0.1, 0.15) is 18.2 Å². The molecule has 1 saturated heterocycles. The van der Waals surface area contributed by atoms with E-state index in [9.17, 15) is 0 Å². The van der Waals surface area contributed by atoms with E-state index in [1.807, 2.05) is 30.5 Å². The highest BCUT2D eigenvalue weighted by Gasteiger charge is 2.15. The van der Waals surface area contributed by atoms with Gasteiger partial charge in [-0.05, 0) is 24.7 Å². The summed E-state index contributed by atoms with van der Waals surface area (Å²) in [6.45, 7) is 9.67. The maximum Gasteiger partial charge on any atom is 0.191 e. The minimum Gasteiger partial charge on any atom is -0.489 e. The molecule has 1 aliphatic rings. The van der Waals surface area contributed by atoms with Gasteiger partial charge in [-0.1, -0.05) is 36.9 Å². The SMILES string of the molecule is C=CCOc1ccccc1CNC(=NC)NCc1ccc(N2CCN(C)CC2)nc1.I. The van der Waals surface area contributed by atoms with Crippen LogP contribution in [-0.2, 0) is 13.1 Å². The molecule has 0 atom stereocenters. The van der Waals surface area contributed by atoms with Crippen molar-refractivity contribution in [1.82, 2.24) is 20.5 Å². The fourth-order valence-corrected chi connectivity index (χ4v) is 3.27. The summed E-state index contributed by atoms with van der Waals surface area (Å²) < 4.78 is 5.72. The van der Waals surface area contributed by atoms with Gasteiger partial charge in [0.15, 0.2) is 5.96 Å². The number of nitrogens with one attached hydrogen (secondary N) is 2. The lowest BCUT2D eigenvalue weighted by Crippen LogP contribution is -2.44. The normalized spacial score (nSPS) is 14.5. The molecule has 1 aliphatic heterocycles. The quantitative estimate of drug-likeness (QED) is 0.234. The topological polar surface area (TPSA) is 65.0 Å². The van der Waals surface area contributed by atoms with E-state index in [0.29, 0.717) is 19.7 Å². The summed E-state index contributed by atoms with van der Waals surface area (Å²) in [6, 6.07) is 12.2. The Morgan fingerprint density at radius 3 is 2.55 bits per heavy atom. The Balaban J connectivity index is 0.00000341. The van der Waals surface area contributed by atoms with Gasteiger partial charge in [0.05, 0.1) is 0 Å². The second-order valence-corrected chi connectivity index (χ2v) is 7.30. The molecule has 1 aromatic carbocycles. The average molecular weight is 536 g/mol. The van der Waals surface area contributed by atoms with Crippen molar-refractivity contribution in [2.45, 2.75) is 13.1 Å². The summed E-state index contributed by atoms with van der Waals surface area (Å²) in [7, 11) is 3.93. The van der Waals surface area contributed by atoms with Crippen LogP contribution < -0.4 is 20.3 Å². The Bertz CT molecular complexity index is 834. The summed E-state index contributed by atoms with van der Waals surface area (Å²) >= 11 is 0. The number of benzene rings is 1. The number of likely N-dealkylation sites (N-methyl/N-ethyl adjacent to an activating group) is 1. The van der Waals surface area contributed by atoms with Gasteiger partial charge in [0.25, 0.3) is 0 Å². The van der Waals surface area contributed by atoms with Gasteiger partial charge in [0, 0.05) is 58.1 Å². The van der Waals surface area contributed by atoms with Gasteiger partial charge in [0.2, 0.25) is 0 Å². The molecular formula is C23H33IN6O. The third-order valence-corrected chi connectivity index (χ3v) is 5.10. The average Bonchev–Trinajstić information content (AvgIpc) is 2.79. The van der Waals surface area contributed by atoms with Crippen molar-refractivity contribution >= 4 is 35.8 Å². The Labute approximate surface area is 202 Å². The van der Waals surface area contributed by atoms with Crippen LogP contribution in [0.15, 0.2) is 60.2 Å². The van der Waals surface area contributed by atoms with Crippen molar-refractivity contribution in [2.75, 3.05) is 51.8 Å². The zero-order valence-electron chi connectivity index (χ0n) is 18.4. The van der Waals surface area contributed by atoms with E-state index in [4.69, 9.17) is 4.74 Å². The molecule has 0 aliphatic carbocycles. The van der Waals surface area contributed by atoms with Crippen LogP contribution in [0.4, 0.5) is 5.82 Å². The summed E-state index contributed by atoms with van der Waals surface area (Å²) in [5.41, 5.74) is 2.19. The van der Waals surface area contributed by atoms with Crippen molar-refractivity contribution in [2.24, 2.45) is 4.99 Å². The molecule has 2 heterocycles. The molecule has 0 amide bonds. The maximum absolute atomic E-state index is 5.72. The van der Waals surface area contributed by atoms with Gasteiger partial charge in [-0.15, -0.1) is 24.0 Å². The van der Waals surface area contributed by atoms with Crippen LogP contribution in [0.5, 0.6) is 5.75 Å². The molecule has 2 N–H and O–H groups in total. The van der Waals surface area contributed by atoms with Crippen molar-refractivity contribution in [3.63, 3.8) is 0 Å². The predicted molar refractivity (Wildman–Crippen MR) is 139 cm³/mol. The number of guanidine groups is 1. The van der Waals surface area contributed by atoms with Crippen molar-refractivity contribution in [1.29, 1.82) is 0 Å². The number of pyridine rings is 1. The Hall–Kier alpha value is -2.33. The molecule has 7 nitrogen and oxygen atoms in total. The molecule has 31 heavy (non-hydrogen) atoms. The first-order chi connectivity index (χ1) is 14.7. The minimum atomic E-state index is 0. The fourth-order valence-electron chi connectivity index (χ4n) is 3.27. The van der Waals surface area contributed by atoms with Crippen molar-refractivity contribution in [3.05, 3.63) is 66.4 Å². The van der Waals surface area contributed by atoms with E-state index in [1.54, 1.807) is 13.1 Å². The first kappa shape index (κ1) is 24.9. The van der Waals surface area contributed by atoms with Crippen LogP contribution in [0.1, 0.15) is 11.1 Å². The molecule has 0 radical (unpaired) electrons. The highest BCUT2D eigenvalue weighted by atomic mass is 127. The minimum absolute atomic E-state index is 0. The van der Waals surface area contributed by atoms with Crippen LogP contribution in [0, 0.1) is 0 Å². The molecule has 0 saturated carbocycles. The number of ether oxygens (including phenoxy) is 1. The molecule has 0 bridgehead atoms. The van der Waals surface area contributed by atoms with Gasteiger partial charge in [-0.3, -0.25) is 4.99 Å². The van der Waals surface area contributed by atoms with E-state index in [-0.39, 0.29) is 24.0 Å². The number of rotatable bonds is 8. The van der Waals surface area contributed by atoms with Gasteiger partial charge in [-0.2, -0.15) is 0 Å². The lowest BCUT2D eigenvalue weighted by Gasteiger charge is -2.33. The summed E-state index contributed by atoms with van der Waals surface area (Å²) in [4.78, 5) is 13.6. The maximum atomic E-state index is 5.72. The third-order valence-electron chi connectivity index (χ3n) is 5.10. The molecule has 0 unspecified atom stereocenters. The Morgan fingerprint density at radius 1 is 1.13 bits per heavy atom. The van der Waals surface area contributed by atoms with Gasteiger partial charge in [-0.25, -0.2) is 4.98 Å². The number of hydrogen-bond donors (Lipinski definition) is 2. The predicted octanol–water partition coefficient (Wildman–Crippen LogP) is 2.88. The first-order valence-electron chi connectivity index (χ1n) is 10.3. The monoisotopic (exact) mass is 536 g/mol.